The van der Waals surface area contributed by atoms with E-state index in [-0.39, 0.29) is 29.0 Å². The van der Waals surface area contributed by atoms with E-state index in [2.05, 4.69) is 22.5 Å². The number of hydrogen-bond acceptors (Lipinski definition) is 6. The largest absolute Gasteiger partial charge is 0.495 e. The fourth-order valence-corrected chi connectivity index (χ4v) is 5.19. The number of fused-ring (bicyclic) bond motifs is 1. The summed E-state index contributed by atoms with van der Waals surface area (Å²) >= 11 is 0. The van der Waals surface area contributed by atoms with Gasteiger partial charge in [-0.15, -0.1) is 0 Å². The number of benzene rings is 2. The Labute approximate surface area is 219 Å². The van der Waals surface area contributed by atoms with Crippen LogP contribution in [0, 0.1) is 11.8 Å². The lowest BCUT2D eigenvalue weighted by Gasteiger charge is -2.23. The second kappa shape index (κ2) is 11.0. The Morgan fingerprint density at radius 2 is 1.95 bits per heavy atom. The van der Waals surface area contributed by atoms with Crippen LogP contribution in [0.1, 0.15) is 31.4 Å². The number of sulfone groups is 1. The molecule has 1 atom stereocenters. The van der Waals surface area contributed by atoms with Crippen molar-refractivity contribution in [1.82, 2.24) is 4.57 Å². The first-order valence-corrected chi connectivity index (χ1v) is 13.9. The summed E-state index contributed by atoms with van der Waals surface area (Å²) in [5, 5.41) is 6.96. The van der Waals surface area contributed by atoms with Gasteiger partial charge in [-0.1, -0.05) is 12.0 Å². The van der Waals surface area contributed by atoms with Gasteiger partial charge in [-0.3, -0.25) is 4.79 Å². The van der Waals surface area contributed by atoms with Gasteiger partial charge in [0.05, 0.1) is 35.4 Å². The highest BCUT2D eigenvalue weighted by molar-refractivity contribution is 7.90. The molecule has 7 nitrogen and oxygen atoms in total. The molecule has 1 aliphatic rings. The molecule has 0 radical (unpaired) electrons. The number of carbonyl (C=O) groups is 1. The highest BCUT2D eigenvalue weighted by Crippen LogP contribution is 2.32. The lowest BCUT2D eigenvalue weighted by Crippen LogP contribution is -2.27. The number of halogens is 3. The van der Waals surface area contributed by atoms with Gasteiger partial charge in [0, 0.05) is 42.3 Å². The normalized spacial score (nSPS) is 16.1. The number of ether oxygens (including phenoxy) is 1. The van der Waals surface area contributed by atoms with E-state index in [0.29, 0.717) is 40.9 Å². The third-order valence-electron chi connectivity index (χ3n) is 6.31. The maximum absolute atomic E-state index is 13.5. The predicted octanol–water partition coefficient (Wildman–Crippen LogP) is 5.00. The lowest BCUT2D eigenvalue weighted by molar-refractivity contribution is -0.140. The van der Waals surface area contributed by atoms with E-state index in [4.69, 9.17) is 4.74 Å². The number of rotatable bonds is 7. The Balaban J connectivity index is 1.61. The van der Waals surface area contributed by atoms with E-state index in [0.717, 1.165) is 23.7 Å². The van der Waals surface area contributed by atoms with Crippen molar-refractivity contribution < 1.29 is 31.1 Å². The van der Waals surface area contributed by atoms with Crippen molar-refractivity contribution in [2.24, 2.45) is 0 Å². The second-order valence-electron chi connectivity index (χ2n) is 9.24. The highest BCUT2D eigenvalue weighted by Gasteiger charge is 2.30. The van der Waals surface area contributed by atoms with Gasteiger partial charge in [-0.05, 0) is 49.1 Å². The number of methoxy groups -OCH3 is 1. The zero-order chi connectivity index (χ0) is 27.5. The Hall–Kier alpha value is -3.65. The minimum atomic E-state index is -4.45. The van der Waals surface area contributed by atoms with E-state index in [9.17, 15) is 26.4 Å². The van der Waals surface area contributed by atoms with E-state index in [1.54, 1.807) is 30.3 Å². The first-order valence-electron chi connectivity index (χ1n) is 12.0. The fourth-order valence-electron chi connectivity index (χ4n) is 4.55. The van der Waals surface area contributed by atoms with E-state index >= 15 is 0 Å². The first kappa shape index (κ1) is 27.4. The van der Waals surface area contributed by atoms with Gasteiger partial charge < -0.3 is 19.9 Å². The van der Waals surface area contributed by atoms with Crippen LogP contribution in [0.15, 0.2) is 47.4 Å². The average molecular weight is 548 g/mol. The summed E-state index contributed by atoms with van der Waals surface area (Å²) in [6, 6.07) is 11.0. The topological polar surface area (TPSA) is 89.4 Å². The summed E-state index contributed by atoms with van der Waals surface area (Å²) in [7, 11) is -2.01. The smallest absolute Gasteiger partial charge is 0.406 e. The van der Waals surface area contributed by atoms with Gasteiger partial charge in [-0.25, -0.2) is 8.42 Å². The summed E-state index contributed by atoms with van der Waals surface area (Å²) in [5.74, 6) is 6.17. The standard InChI is InChI=1S/C27H28F3N3O4S/c1-37-26-16-21(38(2,35)36)11-12-24(26)31-13-5-7-19-15-22-23(32-18-6-3-8-20(34)14-18)9-4-10-25(22)33(19)17-27(28,29)30/h4,9-12,15-16,18,31-32H,3,6,8,13-14,17H2,1-2H3. The van der Waals surface area contributed by atoms with Crippen LogP contribution < -0.4 is 15.4 Å². The molecule has 2 aromatic carbocycles. The molecule has 3 aromatic rings. The number of hydrogen-bond donors (Lipinski definition) is 2. The van der Waals surface area contributed by atoms with Gasteiger partial charge in [-0.2, -0.15) is 13.2 Å². The fraction of sp³-hybridized carbons (Fsp3) is 0.370. The minimum Gasteiger partial charge on any atom is -0.495 e. The van der Waals surface area contributed by atoms with Crippen LogP contribution in [0.3, 0.4) is 0 Å². The molecule has 1 fully saturated rings. The highest BCUT2D eigenvalue weighted by atomic mass is 32.2. The molecule has 2 N–H and O–H groups in total. The molecule has 0 amide bonds. The van der Waals surface area contributed by atoms with Crippen molar-refractivity contribution in [3.63, 3.8) is 0 Å². The van der Waals surface area contributed by atoms with E-state index in [1.165, 1.54) is 19.2 Å². The van der Waals surface area contributed by atoms with Crippen molar-refractivity contribution in [1.29, 1.82) is 0 Å². The number of alkyl halides is 3. The zero-order valence-corrected chi connectivity index (χ0v) is 21.8. The van der Waals surface area contributed by atoms with E-state index in [1.807, 2.05) is 0 Å². The molecule has 0 saturated heterocycles. The van der Waals surface area contributed by atoms with Crippen LogP contribution in [-0.2, 0) is 21.2 Å². The van der Waals surface area contributed by atoms with Crippen LogP contribution in [-0.4, -0.2) is 50.9 Å². The van der Waals surface area contributed by atoms with Crippen molar-refractivity contribution in [3.8, 4) is 17.6 Å². The van der Waals surface area contributed by atoms with Crippen LogP contribution in [0.2, 0.25) is 0 Å². The summed E-state index contributed by atoms with van der Waals surface area (Å²) in [6.45, 7) is -1.11. The van der Waals surface area contributed by atoms with Gasteiger partial charge in [0.1, 0.15) is 18.1 Å². The molecule has 1 heterocycles. The molecule has 1 aliphatic carbocycles. The first-order chi connectivity index (χ1) is 17.9. The molecule has 11 heteroatoms. The monoisotopic (exact) mass is 547 g/mol. The van der Waals surface area contributed by atoms with Crippen LogP contribution in [0.5, 0.6) is 5.75 Å². The summed E-state index contributed by atoms with van der Waals surface area (Å²) in [5.41, 5.74) is 1.76. The number of carbonyl (C=O) groups excluding carboxylic acids is 1. The SMILES string of the molecule is COc1cc(S(C)(=O)=O)ccc1NCC#Cc1cc2c(NC3CCCC(=O)C3)cccc2n1CC(F)(F)F. The van der Waals surface area contributed by atoms with Crippen molar-refractivity contribution in [2.75, 3.05) is 30.5 Å². The molecule has 0 aliphatic heterocycles. The van der Waals surface area contributed by atoms with E-state index < -0.39 is 22.6 Å². The maximum atomic E-state index is 13.5. The molecule has 38 heavy (non-hydrogen) atoms. The third-order valence-corrected chi connectivity index (χ3v) is 7.42. The van der Waals surface area contributed by atoms with Crippen molar-refractivity contribution in [2.45, 2.75) is 49.3 Å². The quantitative estimate of drug-likeness (QED) is 0.405. The number of ketones is 1. The zero-order valence-electron chi connectivity index (χ0n) is 21.0. The molecule has 0 bridgehead atoms. The van der Waals surface area contributed by atoms with Crippen LogP contribution in [0.4, 0.5) is 24.5 Å². The Kier molecular flexibility index (Phi) is 7.92. The number of nitrogens with one attached hydrogen (secondary N) is 2. The minimum absolute atomic E-state index is 0.0596. The molecular formula is C27H28F3N3O4S. The number of aromatic nitrogens is 1. The molecular weight excluding hydrogens is 519 g/mol. The maximum Gasteiger partial charge on any atom is 0.406 e. The van der Waals surface area contributed by atoms with Gasteiger partial charge in [0.2, 0.25) is 0 Å². The molecule has 1 saturated carbocycles. The molecule has 1 aromatic heterocycles. The third kappa shape index (κ3) is 6.61. The van der Waals surface area contributed by atoms with Gasteiger partial charge >= 0.3 is 6.18 Å². The summed E-state index contributed by atoms with van der Waals surface area (Å²) in [6.07, 6.45) is -0.797. The number of Topliss-reactive ketones (excluding diaryl/α,β-unsaturated/α-hetero) is 1. The molecule has 1 unspecified atom stereocenters. The Morgan fingerprint density at radius 1 is 1.16 bits per heavy atom. The Bertz CT molecular complexity index is 1520. The van der Waals surface area contributed by atoms with Gasteiger partial charge in [0.15, 0.2) is 9.84 Å². The second-order valence-corrected chi connectivity index (χ2v) is 11.3. The molecule has 0 spiro atoms. The van der Waals surface area contributed by atoms with Crippen LogP contribution in [0.25, 0.3) is 10.9 Å². The number of anilines is 2. The van der Waals surface area contributed by atoms with Crippen LogP contribution >= 0.6 is 0 Å². The summed E-state index contributed by atoms with van der Waals surface area (Å²) < 4.78 is 70.4. The van der Waals surface area contributed by atoms with Gasteiger partial charge in [0.25, 0.3) is 0 Å². The summed E-state index contributed by atoms with van der Waals surface area (Å²) in [4.78, 5) is 12.0. The predicted molar refractivity (Wildman–Crippen MR) is 140 cm³/mol. The van der Waals surface area contributed by atoms with Crippen molar-refractivity contribution in [3.05, 3.63) is 48.2 Å². The Morgan fingerprint density at radius 3 is 2.63 bits per heavy atom. The molecule has 4 rings (SSSR count). The lowest BCUT2D eigenvalue weighted by atomic mass is 9.94. The molecule has 202 valence electrons. The average Bonchev–Trinajstić information content (AvgIpc) is 3.18. The van der Waals surface area contributed by atoms with Crippen molar-refractivity contribution >= 4 is 37.9 Å². The number of nitrogens with zero attached hydrogens (tertiary/aromatic N) is 1.